The number of fused-ring (bicyclic) bond motifs is 1. The highest BCUT2D eigenvalue weighted by Gasteiger charge is 2.50. The van der Waals surface area contributed by atoms with Gasteiger partial charge in [-0.2, -0.15) is 0 Å². The van der Waals surface area contributed by atoms with E-state index in [1.807, 2.05) is 54.6 Å². The maximum absolute atomic E-state index is 11.8. The van der Waals surface area contributed by atoms with E-state index in [0.717, 1.165) is 17.5 Å². The van der Waals surface area contributed by atoms with Crippen LogP contribution in [-0.4, -0.2) is 48.3 Å². The molecular weight excluding hydrogens is 386 g/mol. The lowest BCUT2D eigenvalue weighted by molar-refractivity contribution is -0.333. The molecule has 2 aliphatic rings. The van der Waals surface area contributed by atoms with Gasteiger partial charge in [0, 0.05) is 12.5 Å². The molecule has 2 N–H and O–H groups in total. The number of hydrogen-bond acceptors (Lipinski definition) is 6. The molecule has 4 rings (SSSR count). The molecule has 0 saturated carbocycles. The summed E-state index contributed by atoms with van der Waals surface area (Å²) >= 11 is 0. The third-order valence-electron chi connectivity index (χ3n) is 5.37. The van der Waals surface area contributed by atoms with E-state index in [1.54, 1.807) is 0 Å². The zero-order valence-corrected chi connectivity index (χ0v) is 17.1. The molecule has 0 aromatic heterocycles. The van der Waals surface area contributed by atoms with Gasteiger partial charge in [0.2, 0.25) is 12.2 Å². The van der Waals surface area contributed by atoms with Crippen molar-refractivity contribution in [2.45, 2.75) is 57.2 Å². The molecule has 2 saturated heterocycles. The standard InChI is InChI=1S/C23H27NO6/c1-3-15-8-7-11-17(12-15)28-23-19(24-14(2)25)20(26)21-18(29-23)13-27-22(30-21)16-9-5-4-6-10-16/h4-12,18-23,26H,3,13H2,1-2H3,(H,24,25)/t18-,19-,20-,21-,22-,23+/m0/s1. The molecule has 0 radical (unpaired) electrons. The second-order valence-electron chi connectivity index (χ2n) is 7.56. The molecule has 2 aromatic carbocycles. The minimum atomic E-state index is -1.03. The van der Waals surface area contributed by atoms with E-state index in [-0.39, 0.29) is 12.5 Å². The molecule has 0 bridgehead atoms. The fourth-order valence-electron chi connectivity index (χ4n) is 3.83. The molecule has 6 atom stereocenters. The lowest BCUT2D eigenvalue weighted by atomic mass is 9.95. The Morgan fingerprint density at radius 1 is 1.17 bits per heavy atom. The van der Waals surface area contributed by atoms with Gasteiger partial charge in [-0.1, -0.05) is 49.4 Å². The smallest absolute Gasteiger partial charge is 0.223 e. The highest BCUT2D eigenvalue weighted by atomic mass is 16.7. The largest absolute Gasteiger partial charge is 0.463 e. The molecule has 2 fully saturated rings. The van der Waals surface area contributed by atoms with Crippen LogP contribution >= 0.6 is 0 Å². The number of aliphatic hydroxyl groups excluding tert-OH is 1. The number of benzene rings is 2. The van der Waals surface area contributed by atoms with Crippen LogP contribution in [-0.2, 0) is 25.4 Å². The summed E-state index contributed by atoms with van der Waals surface area (Å²) < 4.78 is 24.0. The van der Waals surface area contributed by atoms with E-state index in [0.29, 0.717) is 5.75 Å². The molecule has 7 nitrogen and oxygen atoms in total. The summed E-state index contributed by atoms with van der Waals surface area (Å²) in [7, 11) is 0. The van der Waals surface area contributed by atoms with Crippen molar-refractivity contribution in [1.29, 1.82) is 0 Å². The van der Waals surface area contributed by atoms with Crippen molar-refractivity contribution < 1.29 is 28.8 Å². The van der Waals surface area contributed by atoms with Gasteiger partial charge in [-0.05, 0) is 24.1 Å². The minimum absolute atomic E-state index is 0.239. The van der Waals surface area contributed by atoms with Gasteiger partial charge in [-0.3, -0.25) is 4.79 Å². The maximum atomic E-state index is 11.8. The van der Waals surface area contributed by atoms with Crippen LogP contribution in [0.4, 0.5) is 0 Å². The average molecular weight is 413 g/mol. The number of rotatable bonds is 5. The first-order valence-corrected chi connectivity index (χ1v) is 10.2. The molecular formula is C23H27NO6. The van der Waals surface area contributed by atoms with Crippen molar-refractivity contribution in [2.24, 2.45) is 0 Å². The molecule has 0 unspecified atom stereocenters. The van der Waals surface area contributed by atoms with Crippen molar-refractivity contribution in [3.8, 4) is 5.75 Å². The third kappa shape index (κ3) is 4.49. The zero-order chi connectivity index (χ0) is 21.1. The molecule has 2 aliphatic heterocycles. The molecule has 2 heterocycles. The quantitative estimate of drug-likeness (QED) is 0.783. The van der Waals surface area contributed by atoms with Crippen molar-refractivity contribution >= 4 is 5.91 Å². The number of aliphatic hydroxyl groups is 1. The first-order chi connectivity index (χ1) is 14.5. The topological polar surface area (TPSA) is 86.2 Å². The second-order valence-corrected chi connectivity index (χ2v) is 7.56. The van der Waals surface area contributed by atoms with Crippen LogP contribution in [0.1, 0.15) is 31.3 Å². The number of hydrogen-bond donors (Lipinski definition) is 2. The molecule has 2 aromatic rings. The summed E-state index contributed by atoms with van der Waals surface area (Å²) in [6.07, 6.45) is -2.83. The van der Waals surface area contributed by atoms with Crippen LogP contribution in [0.3, 0.4) is 0 Å². The Balaban J connectivity index is 1.53. The van der Waals surface area contributed by atoms with Gasteiger partial charge in [-0.25, -0.2) is 0 Å². The van der Waals surface area contributed by atoms with Crippen LogP contribution in [0, 0.1) is 0 Å². The number of aryl methyl sites for hydroxylation is 1. The third-order valence-corrected chi connectivity index (χ3v) is 5.37. The number of ether oxygens (including phenoxy) is 4. The maximum Gasteiger partial charge on any atom is 0.223 e. The fourth-order valence-corrected chi connectivity index (χ4v) is 3.83. The van der Waals surface area contributed by atoms with Crippen molar-refractivity contribution in [3.05, 3.63) is 65.7 Å². The van der Waals surface area contributed by atoms with Crippen LogP contribution in [0.15, 0.2) is 54.6 Å². The lowest BCUT2D eigenvalue weighted by Gasteiger charge is -2.47. The van der Waals surface area contributed by atoms with Crippen LogP contribution in [0.25, 0.3) is 0 Å². The Bertz CT molecular complexity index is 860. The zero-order valence-electron chi connectivity index (χ0n) is 17.1. The van der Waals surface area contributed by atoms with E-state index in [1.165, 1.54) is 6.92 Å². The molecule has 160 valence electrons. The first-order valence-electron chi connectivity index (χ1n) is 10.2. The van der Waals surface area contributed by atoms with Gasteiger partial charge < -0.3 is 29.4 Å². The number of carbonyl (C=O) groups excluding carboxylic acids is 1. The van der Waals surface area contributed by atoms with Crippen molar-refractivity contribution in [1.82, 2.24) is 5.32 Å². The van der Waals surface area contributed by atoms with Crippen molar-refractivity contribution in [2.75, 3.05) is 6.61 Å². The fraction of sp³-hybridized carbons (Fsp3) is 0.435. The van der Waals surface area contributed by atoms with E-state index in [4.69, 9.17) is 18.9 Å². The molecule has 30 heavy (non-hydrogen) atoms. The molecule has 7 heteroatoms. The highest BCUT2D eigenvalue weighted by molar-refractivity contribution is 5.73. The Kier molecular flexibility index (Phi) is 6.34. The monoisotopic (exact) mass is 413 g/mol. The first kappa shape index (κ1) is 20.8. The van der Waals surface area contributed by atoms with E-state index in [2.05, 4.69) is 12.2 Å². The van der Waals surface area contributed by atoms with Crippen LogP contribution in [0.2, 0.25) is 0 Å². The predicted octanol–water partition coefficient (Wildman–Crippen LogP) is 2.33. The Morgan fingerprint density at radius 2 is 1.97 bits per heavy atom. The summed E-state index contributed by atoms with van der Waals surface area (Å²) in [6.45, 7) is 3.69. The Morgan fingerprint density at radius 3 is 2.70 bits per heavy atom. The minimum Gasteiger partial charge on any atom is -0.463 e. The number of nitrogens with one attached hydrogen (secondary N) is 1. The SMILES string of the molecule is CCc1cccc(O[C@@H]2O[C@H]3CO[C@H](c4ccccc4)O[C@@H]3[C@@H](O)[C@@H]2NC(C)=O)c1. The second kappa shape index (κ2) is 9.14. The van der Waals surface area contributed by atoms with Gasteiger partial charge in [-0.15, -0.1) is 0 Å². The predicted molar refractivity (Wildman–Crippen MR) is 109 cm³/mol. The number of carbonyl (C=O) groups is 1. The van der Waals surface area contributed by atoms with Gasteiger partial charge in [0.05, 0.1) is 6.61 Å². The van der Waals surface area contributed by atoms with E-state index < -0.39 is 36.9 Å². The summed E-state index contributed by atoms with van der Waals surface area (Å²) in [5.41, 5.74) is 1.97. The summed E-state index contributed by atoms with van der Waals surface area (Å²) in [6, 6.07) is 16.4. The summed E-state index contributed by atoms with van der Waals surface area (Å²) in [5.74, 6) is 0.323. The van der Waals surface area contributed by atoms with Gasteiger partial charge in [0.15, 0.2) is 6.29 Å². The van der Waals surface area contributed by atoms with Crippen molar-refractivity contribution in [3.63, 3.8) is 0 Å². The van der Waals surface area contributed by atoms with Gasteiger partial charge in [0.25, 0.3) is 0 Å². The van der Waals surface area contributed by atoms with Gasteiger partial charge in [0.1, 0.15) is 30.1 Å². The summed E-state index contributed by atoms with van der Waals surface area (Å²) in [5, 5.41) is 13.8. The number of amides is 1. The Hall–Kier alpha value is -2.45. The van der Waals surface area contributed by atoms with Gasteiger partial charge >= 0.3 is 0 Å². The molecule has 0 spiro atoms. The van der Waals surface area contributed by atoms with Crippen LogP contribution in [0.5, 0.6) is 5.75 Å². The summed E-state index contributed by atoms with van der Waals surface area (Å²) in [4.78, 5) is 11.8. The average Bonchev–Trinajstić information content (AvgIpc) is 2.77. The van der Waals surface area contributed by atoms with Crippen LogP contribution < -0.4 is 10.1 Å². The van der Waals surface area contributed by atoms with E-state index >= 15 is 0 Å². The Labute approximate surface area is 175 Å². The molecule has 0 aliphatic carbocycles. The van der Waals surface area contributed by atoms with E-state index in [9.17, 15) is 9.90 Å². The highest BCUT2D eigenvalue weighted by Crippen LogP contribution is 2.34. The molecule has 1 amide bonds. The normalized spacial score (nSPS) is 30.9. The lowest BCUT2D eigenvalue weighted by Crippen LogP contribution is -2.67.